The molecule has 1 aromatic carbocycles. The van der Waals surface area contributed by atoms with Crippen LogP contribution < -0.4 is 4.90 Å². The molecule has 0 saturated carbocycles. The maximum absolute atomic E-state index is 11.9. The Labute approximate surface area is 167 Å². The fourth-order valence-corrected chi connectivity index (χ4v) is 3.61. The Morgan fingerprint density at radius 3 is 2.69 bits per heavy atom. The largest absolute Gasteiger partial charge is 0.465 e. The first-order valence-electron chi connectivity index (χ1n) is 9.32. The highest BCUT2D eigenvalue weighted by Gasteiger charge is 2.24. The van der Waals surface area contributed by atoms with Crippen molar-refractivity contribution in [1.82, 2.24) is 14.3 Å². The number of fused-ring (bicyclic) bond motifs is 1. The average Bonchev–Trinajstić information content (AvgIpc) is 3.15. The van der Waals surface area contributed by atoms with E-state index in [-0.39, 0.29) is 11.3 Å². The second kappa shape index (κ2) is 7.88. The lowest BCUT2D eigenvalue weighted by Gasteiger charge is -2.35. The van der Waals surface area contributed by atoms with Gasteiger partial charge < -0.3 is 14.0 Å². The van der Waals surface area contributed by atoms with Gasteiger partial charge in [0.2, 0.25) is 0 Å². The van der Waals surface area contributed by atoms with E-state index in [2.05, 4.69) is 14.8 Å². The number of rotatable bonds is 5. The van der Waals surface area contributed by atoms with Gasteiger partial charge in [-0.05, 0) is 24.3 Å². The molecule has 9 nitrogen and oxygen atoms in total. The van der Waals surface area contributed by atoms with Gasteiger partial charge in [0.05, 0.1) is 17.7 Å². The van der Waals surface area contributed by atoms with Crippen LogP contribution in [0.3, 0.4) is 0 Å². The maximum Gasteiger partial charge on any atom is 0.344 e. The number of aromatic nitrogens is 2. The van der Waals surface area contributed by atoms with Gasteiger partial charge in [-0.25, -0.2) is 9.78 Å². The van der Waals surface area contributed by atoms with Gasteiger partial charge >= 0.3 is 5.97 Å². The number of hydrogen-bond acceptors (Lipinski definition) is 7. The number of nitro benzene ring substituents is 1. The molecule has 0 spiro atoms. The summed E-state index contributed by atoms with van der Waals surface area (Å²) in [5, 5.41) is 11.2. The molecule has 0 atom stereocenters. The van der Waals surface area contributed by atoms with Crippen LogP contribution in [0.1, 0.15) is 16.1 Å². The first kappa shape index (κ1) is 18.9. The summed E-state index contributed by atoms with van der Waals surface area (Å²) >= 11 is 0. The van der Waals surface area contributed by atoms with Crippen molar-refractivity contribution in [2.75, 3.05) is 38.2 Å². The maximum atomic E-state index is 11.9. The molecule has 0 amide bonds. The van der Waals surface area contributed by atoms with Gasteiger partial charge in [-0.15, -0.1) is 0 Å². The zero-order valence-electron chi connectivity index (χ0n) is 16.0. The molecule has 0 radical (unpaired) electrons. The number of carbonyl (C=O) groups excluding carboxylic acids is 1. The molecule has 1 aliphatic rings. The van der Waals surface area contributed by atoms with E-state index in [1.165, 1.54) is 13.2 Å². The molecular weight excluding hydrogens is 374 g/mol. The third kappa shape index (κ3) is 3.90. The van der Waals surface area contributed by atoms with Gasteiger partial charge in [0, 0.05) is 56.9 Å². The van der Waals surface area contributed by atoms with E-state index in [4.69, 9.17) is 4.74 Å². The number of nitrogens with zero attached hydrogens (tertiary/aromatic N) is 5. The highest BCUT2D eigenvalue weighted by atomic mass is 16.6. The normalized spacial score (nSPS) is 14.9. The molecular formula is C20H21N5O4. The molecule has 0 aliphatic carbocycles. The minimum atomic E-state index is -0.705. The van der Waals surface area contributed by atoms with Crippen LogP contribution in [0.25, 0.3) is 5.65 Å². The first-order chi connectivity index (χ1) is 14.0. The van der Waals surface area contributed by atoms with Crippen LogP contribution in [-0.4, -0.2) is 58.5 Å². The van der Waals surface area contributed by atoms with E-state index in [0.717, 1.165) is 49.8 Å². The molecule has 4 rings (SSSR count). The second-order valence-corrected chi connectivity index (χ2v) is 6.91. The minimum Gasteiger partial charge on any atom is -0.465 e. The second-order valence-electron chi connectivity index (χ2n) is 6.91. The lowest BCUT2D eigenvalue weighted by molar-refractivity contribution is -0.385. The Hall–Kier alpha value is -3.46. The Balaban J connectivity index is 1.43. The zero-order valence-corrected chi connectivity index (χ0v) is 16.0. The summed E-state index contributed by atoms with van der Waals surface area (Å²) in [5.41, 5.74) is 2.46. The molecule has 2 aromatic heterocycles. The van der Waals surface area contributed by atoms with E-state index < -0.39 is 10.9 Å². The molecule has 1 fully saturated rings. The van der Waals surface area contributed by atoms with Crippen molar-refractivity contribution >= 4 is 23.0 Å². The highest BCUT2D eigenvalue weighted by molar-refractivity contribution is 5.95. The fourth-order valence-electron chi connectivity index (χ4n) is 3.61. The van der Waals surface area contributed by atoms with Crippen molar-refractivity contribution in [2.45, 2.75) is 6.54 Å². The van der Waals surface area contributed by atoms with Crippen LogP contribution in [0.2, 0.25) is 0 Å². The van der Waals surface area contributed by atoms with Gasteiger partial charge in [-0.3, -0.25) is 15.0 Å². The summed E-state index contributed by atoms with van der Waals surface area (Å²) in [7, 11) is 1.22. The number of methoxy groups -OCH3 is 1. The SMILES string of the molecule is COC(=O)c1cc(N2CCN(Cc3cn4ccccc4n3)CC2)ccc1[N+](=O)[O-]. The van der Waals surface area contributed by atoms with Crippen molar-refractivity contribution in [3.05, 3.63) is 70.2 Å². The van der Waals surface area contributed by atoms with Gasteiger partial charge in [0.15, 0.2) is 0 Å². The predicted molar refractivity (Wildman–Crippen MR) is 107 cm³/mol. The van der Waals surface area contributed by atoms with Crippen LogP contribution >= 0.6 is 0 Å². The molecule has 29 heavy (non-hydrogen) atoms. The van der Waals surface area contributed by atoms with Crippen LogP contribution in [0.4, 0.5) is 11.4 Å². The molecule has 150 valence electrons. The Morgan fingerprint density at radius 2 is 2.00 bits per heavy atom. The Kier molecular flexibility index (Phi) is 5.13. The Morgan fingerprint density at radius 1 is 1.21 bits per heavy atom. The standard InChI is InChI=1S/C20H21N5O4/c1-29-20(26)17-12-16(5-6-18(17)25(27)28)23-10-8-22(9-11-23)13-15-14-24-7-3-2-4-19(24)21-15/h2-7,12,14H,8-11,13H2,1H3. The predicted octanol–water partition coefficient (Wildman–Crippen LogP) is 2.35. The van der Waals surface area contributed by atoms with Crippen molar-refractivity contribution in [3.63, 3.8) is 0 Å². The molecule has 0 unspecified atom stereocenters. The minimum absolute atomic E-state index is 0.0258. The molecule has 0 N–H and O–H groups in total. The fraction of sp³-hybridized carbons (Fsp3) is 0.300. The number of anilines is 1. The monoisotopic (exact) mass is 395 g/mol. The number of benzene rings is 1. The molecule has 1 saturated heterocycles. The number of carbonyl (C=O) groups is 1. The number of pyridine rings is 1. The smallest absolute Gasteiger partial charge is 0.344 e. The van der Waals surface area contributed by atoms with Crippen LogP contribution in [0.5, 0.6) is 0 Å². The summed E-state index contributed by atoms with van der Waals surface area (Å²) < 4.78 is 6.71. The van der Waals surface area contributed by atoms with Crippen LogP contribution in [-0.2, 0) is 11.3 Å². The third-order valence-corrected chi connectivity index (χ3v) is 5.12. The first-order valence-corrected chi connectivity index (χ1v) is 9.32. The Bertz CT molecular complexity index is 1020. The summed E-state index contributed by atoms with van der Waals surface area (Å²) in [6.45, 7) is 3.94. The van der Waals surface area contributed by atoms with E-state index in [1.807, 2.05) is 35.0 Å². The highest BCUT2D eigenvalue weighted by Crippen LogP contribution is 2.26. The summed E-state index contributed by atoms with van der Waals surface area (Å²) in [6.07, 6.45) is 4.03. The summed E-state index contributed by atoms with van der Waals surface area (Å²) in [5.74, 6) is -0.705. The molecule has 1 aliphatic heterocycles. The lowest BCUT2D eigenvalue weighted by atomic mass is 10.1. The molecule has 3 aromatic rings. The van der Waals surface area contributed by atoms with Gasteiger partial charge in [-0.1, -0.05) is 6.07 Å². The molecule has 0 bridgehead atoms. The summed E-state index contributed by atoms with van der Waals surface area (Å²) in [4.78, 5) is 31.6. The number of piperazine rings is 1. The number of nitro groups is 1. The molecule has 3 heterocycles. The zero-order chi connectivity index (χ0) is 20.4. The number of esters is 1. The van der Waals surface area contributed by atoms with Crippen LogP contribution in [0.15, 0.2) is 48.8 Å². The van der Waals surface area contributed by atoms with E-state index in [1.54, 1.807) is 12.1 Å². The van der Waals surface area contributed by atoms with Crippen LogP contribution in [0, 0.1) is 10.1 Å². The topological polar surface area (TPSA) is 93.2 Å². The van der Waals surface area contributed by atoms with Crippen molar-refractivity contribution in [2.24, 2.45) is 0 Å². The van der Waals surface area contributed by atoms with Gasteiger partial charge in [0.25, 0.3) is 5.69 Å². The third-order valence-electron chi connectivity index (χ3n) is 5.12. The molecule has 9 heteroatoms. The summed E-state index contributed by atoms with van der Waals surface area (Å²) in [6, 6.07) is 10.5. The number of ether oxygens (including phenoxy) is 1. The average molecular weight is 395 g/mol. The quantitative estimate of drug-likeness (QED) is 0.372. The van der Waals surface area contributed by atoms with Gasteiger partial charge in [0.1, 0.15) is 11.2 Å². The van der Waals surface area contributed by atoms with Crippen molar-refractivity contribution in [1.29, 1.82) is 0 Å². The van der Waals surface area contributed by atoms with Gasteiger partial charge in [-0.2, -0.15) is 0 Å². The number of hydrogen-bond donors (Lipinski definition) is 0. The van der Waals surface area contributed by atoms with E-state index in [0.29, 0.717) is 0 Å². The van der Waals surface area contributed by atoms with Crippen molar-refractivity contribution < 1.29 is 14.5 Å². The van der Waals surface area contributed by atoms with E-state index in [9.17, 15) is 14.9 Å². The van der Waals surface area contributed by atoms with Crippen molar-refractivity contribution in [3.8, 4) is 0 Å². The number of imidazole rings is 1. The lowest BCUT2D eigenvalue weighted by Crippen LogP contribution is -2.46. The van der Waals surface area contributed by atoms with E-state index >= 15 is 0 Å².